The number of nitrogens with zero attached hydrogens (tertiary/aromatic N) is 1. The van der Waals surface area contributed by atoms with Gasteiger partial charge in [0.05, 0.1) is 11.0 Å². The standard InChI is InChI=1S/C17H24N4O/c22-16(12-13-6-2-1-3-7-13)18-10-11-19-17-20-14-8-4-5-9-15(14)21-17/h4-5,8-9,13H,1-3,6-7,10-12H2,(H,18,22)(H2,19,20,21). The Bertz CT molecular complexity index is 583. The van der Waals surface area contributed by atoms with Gasteiger partial charge in [-0.2, -0.15) is 0 Å². The van der Waals surface area contributed by atoms with Gasteiger partial charge in [-0.3, -0.25) is 4.79 Å². The van der Waals surface area contributed by atoms with Crippen LogP contribution in [-0.4, -0.2) is 29.0 Å². The van der Waals surface area contributed by atoms with E-state index < -0.39 is 0 Å². The maximum atomic E-state index is 11.9. The average Bonchev–Trinajstić information content (AvgIpc) is 2.95. The van der Waals surface area contributed by atoms with Crippen LogP contribution in [0.1, 0.15) is 38.5 Å². The molecule has 0 spiro atoms. The highest BCUT2D eigenvalue weighted by atomic mass is 16.1. The van der Waals surface area contributed by atoms with E-state index in [0.717, 1.165) is 17.0 Å². The average molecular weight is 300 g/mol. The molecule has 1 amide bonds. The van der Waals surface area contributed by atoms with Crippen LogP contribution in [-0.2, 0) is 4.79 Å². The van der Waals surface area contributed by atoms with Gasteiger partial charge in [0, 0.05) is 19.5 Å². The second-order valence-corrected chi connectivity index (χ2v) is 6.09. The van der Waals surface area contributed by atoms with E-state index in [4.69, 9.17) is 0 Å². The van der Waals surface area contributed by atoms with Crippen LogP contribution < -0.4 is 10.6 Å². The van der Waals surface area contributed by atoms with Gasteiger partial charge in [0.15, 0.2) is 0 Å². The number of fused-ring (bicyclic) bond motifs is 1. The van der Waals surface area contributed by atoms with Crippen LogP contribution >= 0.6 is 0 Å². The summed E-state index contributed by atoms with van der Waals surface area (Å²) >= 11 is 0. The molecule has 1 heterocycles. The van der Waals surface area contributed by atoms with Gasteiger partial charge in [-0.15, -0.1) is 0 Å². The van der Waals surface area contributed by atoms with Gasteiger partial charge in [0.2, 0.25) is 11.9 Å². The zero-order valence-corrected chi connectivity index (χ0v) is 12.9. The number of hydrogen-bond acceptors (Lipinski definition) is 3. The normalized spacial score (nSPS) is 15.8. The number of hydrogen-bond donors (Lipinski definition) is 3. The summed E-state index contributed by atoms with van der Waals surface area (Å²) in [6, 6.07) is 7.93. The van der Waals surface area contributed by atoms with Crippen LogP contribution in [0.5, 0.6) is 0 Å². The first-order chi connectivity index (χ1) is 10.8. The van der Waals surface area contributed by atoms with E-state index in [2.05, 4.69) is 20.6 Å². The van der Waals surface area contributed by atoms with Crippen molar-refractivity contribution < 1.29 is 4.79 Å². The SMILES string of the molecule is O=C(CC1CCCCC1)NCCNc1nc2ccccc2[nH]1. The number of imidazole rings is 1. The molecular weight excluding hydrogens is 276 g/mol. The summed E-state index contributed by atoms with van der Waals surface area (Å²) in [5.74, 6) is 1.53. The van der Waals surface area contributed by atoms with Crippen LogP contribution in [0.25, 0.3) is 11.0 Å². The number of aromatic nitrogens is 2. The van der Waals surface area contributed by atoms with Gasteiger partial charge in [-0.1, -0.05) is 31.4 Å². The molecule has 1 fully saturated rings. The van der Waals surface area contributed by atoms with E-state index in [1.54, 1.807) is 0 Å². The number of aromatic amines is 1. The molecule has 0 saturated heterocycles. The molecule has 1 saturated carbocycles. The van der Waals surface area contributed by atoms with Gasteiger partial charge in [-0.25, -0.2) is 4.98 Å². The summed E-state index contributed by atoms with van der Waals surface area (Å²) < 4.78 is 0. The first-order valence-corrected chi connectivity index (χ1v) is 8.26. The minimum Gasteiger partial charge on any atom is -0.354 e. The lowest BCUT2D eigenvalue weighted by molar-refractivity contribution is -0.122. The Balaban J connectivity index is 1.36. The maximum absolute atomic E-state index is 11.9. The molecular formula is C17H24N4O. The zero-order valence-electron chi connectivity index (χ0n) is 12.9. The number of carbonyl (C=O) groups is 1. The molecule has 5 nitrogen and oxygen atoms in total. The van der Waals surface area contributed by atoms with Crippen molar-refractivity contribution >= 4 is 22.9 Å². The quantitative estimate of drug-likeness (QED) is 0.718. The van der Waals surface area contributed by atoms with E-state index in [1.807, 2.05) is 24.3 Å². The number of rotatable bonds is 6. The maximum Gasteiger partial charge on any atom is 0.220 e. The number of nitrogens with one attached hydrogen (secondary N) is 3. The molecule has 1 aliphatic carbocycles. The molecule has 118 valence electrons. The van der Waals surface area contributed by atoms with E-state index in [-0.39, 0.29) is 5.91 Å². The number of H-pyrrole nitrogens is 1. The Morgan fingerprint density at radius 3 is 2.82 bits per heavy atom. The molecule has 0 aliphatic heterocycles. The second kappa shape index (κ2) is 7.29. The summed E-state index contributed by atoms with van der Waals surface area (Å²) in [5.41, 5.74) is 1.97. The Labute approximate surface area is 130 Å². The van der Waals surface area contributed by atoms with E-state index in [1.165, 1.54) is 32.1 Å². The molecule has 3 N–H and O–H groups in total. The van der Waals surface area contributed by atoms with Gasteiger partial charge < -0.3 is 15.6 Å². The van der Waals surface area contributed by atoms with Crippen molar-refractivity contribution in [1.29, 1.82) is 0 Å². The zero-order chi connectivity index (χ0) is 15.2. The van der Waals surface area contributed by atoms with Crippen molar-refractivity contribution in [3.05, 3.63) is 24.3 Å². The molecule has 0 atom stereocenters. The molecule has 1 aromatic carbocycles. The molecule has 22 heavy (non-hydrogen) atoms. The number of carbonyl (C=O) groups excluding carboxylic acids is 1. The Kier molecular flexibility index (Phi) is 4.93. The van der Waals surface area contributed by atoms with Crippen LogP contribution in [0, 0.1) is 5.92 Å². The van der Waals surface area contributed by atoms with E-state index >= 15 is 0 Å². The summed E-state index contributed by atoms with van der Waals surface area (Å²) in [6.45, 7) is 1.30. The van der Waals surface area contributed by atoms with Crippen molar-refractivity contribution in [2.24, 2.45) is 5.92 Å². The van der Waals surface area contributed by atoms with Crippen LogP contribution in [0.4, 0.5) is 5.95 Å². The first-order valence-electron chi connectivity index (χ1n) is 8.26. The summed E-state index contributed by atoms with van der Waals surface area (Å²) in [5, 5.41) is 6.20. The van der Waals surface area contributed by atoms with Crippen molar-refractivity contribution in [3.63, 3.8) is 0 Å². The Hall–Kier alpha value is -2.04. The molecule has 3 rings (SSSR count). The van der Waals surface area contributed by atoms with Gasteiger partial charge in [0.1, 0.15) is 0 Å². The molecule has 0 unspecified atom stereocenters. The molecule has 1 aliphatic rings. The summed E-state index contributed by atoms with van der Waals surface area (Å²) in [4.78, 5) is 19.6. The van der Waals surface area contributed by atoms with Crippen molar-refractivity contribution in [1.82, 2.24) is 15.3 Å². The highest BCUT2D eigenvalue weighted by molar-refractivity contribution is 5.77. The minimum absolute atomic E-state index is 0.179. The lowest BCUT2D eigenvalue weighted by atomic mass is 9.87. The lowest BCUT2D eigenvalue weighted by Gasteiger charge is -2.20. The number of para-hydroxylation sites is 2. The van der Waals surface area contributed by atoms with Crippen LogP contribution in [0.2, 0.25) is 0 Å². The highest BCUT2D eigenvalue weighted by Crippen LogP contribution is 2.25. The fourth-order valence-electron chi connectivity index (χ4n) is 3.14. The van der Waals surface area contributed by atoms with Crippen LogP contribution in [0.3, 0.4) is 0 Å². The fraction of sp³-hybridized carbons (Fsp3) is 0.529. The molecule has 1 aromatic heterocycles. The smallest absolute Gasteiger partial charge is 0.220 e. The molecule has 0 bridgehead atoms. The van der Waals surface area contributed by atoms with E-state index in [9.17, 15) is 4.79 Å². The molecule has 2 aromatic rings. The number of amides is 1. The fourth-order valence-corrected chi connectivity index (χ4v) is 3.14. The van der Waals surface area contributed by atoms with Crippen molar-refractivity contribution in [3.8, 4) is 0 Å². The molecule has 5 heteroatoms. The predicted octanol–water partition coefficient (Wildman–Crippen LogP) is 3.06. The summed E-state index contributed by atoms with van der Waals surface area (Å²) in [6.07, 6.45) is 7.01. The van der Waals surface area contributed by atoms with Gasteiger partial charge in [0.25, 0.3) is 0 Å². The minimum atomic E-state index is 0.179. The first kappa shape index (κ1) is 14.9. The number of anilines is 1. The predicted molar refractivity (Wildman–Crippen MR) is 88.8 cm³/mol. The summed E-state index contributed by atoms with van der Waals surface area (Å²) in [7, 11) is 0. The molecule has 0 radical (unpaired) electrons. The monoisotopic (exact) mass is 300 g/mol. The van der Waals surface area contributed by atoms with Crippen molar-refractivity contribution in [2.45, 2.75) is 38.5 Å². The third kappa shape index (κ3) is 4.00. The second-order valence-electron chi connectivity index (χ2n) is 6.09. The van der Waals surface area contributed by atoms with Crippen molar-refractivity contribution in [2.75, 3.05) is 18.4 Å². The lowest BCUT2D eigenvalue weighted by Crippen LogP contribution is -2.30. The van der Waals surface area contributed by atoms with Gasteiger partial charge in [-0.05, 0) is 30.9 Å². The van der Waals surface area contributed by atoms with Gasteiger partial charge >= 0.3 is 0 Å². The van der Waals surface area contributed by atoms with E-state index in [0.29, 0.717) is 25.4 Å². The largest absolute Gasteiger partial charge is 0.354 e. The Morgan fingerprint density at radius 2 is 2.00 bits per heavy atom. The van der Waals surface area contributed by atoms with Crippen LogP contribution in [0.15, 0.2) is 24.3 Å². The third-order valence-electron chi connectivity index (χ3n) is 4.33. The number of benzene rings is 1. The third-order valence-corrected chi connectivity index (χ3v) is 4.33. The topological polar surface area (TPSA) is 69.8 Å². The Morgan fingerprint density at radius 1 is 1.18 bits per heavy atom. The highest BCUT2D eigenvalue weighted by Gasteiger charge is 2.16.